The second-order valence-electron chi connectivity index (χ2n) is 5.08. The Labute approximate surface area is 103 Å². The molecule has 0 aromatic carbocycles. The van der Waals surface area contributed by atoms with Gasteiger partial charge in [-0.05, 0) is 57.6 Å². The monoisotopic (exact) mass is 237 g/mol. The Balaban J connectivity index is 1.59. The van der Waals surface area contributed by atoms with Crippen molar-refractivity contribution < 1.29 is 5.11 Å². The lowest BCUT2D eigenvalue weighted by atomic mass is 9.93. The zero-order valence-corrected chi connectivity index (χ0v) is 10.6. The minimum absolute atomic E-state index is 0.0540. The van der Waals surface area contributed by atoms with E-state index in [9.17, 15) is 5.11 Å². The van der Waals surface area contributed by atoms with Gasteiger partial charge >= 0.3 is 0 Å². The fraction of sp³-hybridized carbons (Fsp3) is 0.769. The van der Waals surface area contributed by atoms with E-state index >= 15 is 0 Å². The minimum Gasteiger partial charge on any atom is -0.393 e. The second kappa shape index (κ2) is 6.17. The number of H-pyrrole nitrogens is 1. The molecule has 4 nitrogen and oxygen atoms in total. The Morgan fingerprint density at radius 3 is 2.82 bits per heavy atom. The number of aryl methyl sites for hydroxylation is 2. The van der Waals surface area contributed by atoms with E-state index < -0.39 is 0 Å². The molecule has 1 aliphatic carbocycles. The molecular formula is C13H23N3O. The third-order valence-corrected chi connectivity index (χ3v) is 3.69. The molecule has 1 aliphatic rings. The van der Waals surface area contributed by atoms with Crippen molar-refractivity contribution in [1.82, 2.24) is 15.5 Å². The second-order valence-corrected chi connectivity index (χ2v) is 5.08. The van der Waals surface area contributed by atoms with Gasteiger partial charge in [0.1, 0.15) is 0 Å². The summed E-state index contributed by atoms with van der Waals surface area (Å²) in [7, 11) is 0. The Hall–Kier alpha value is -0.870. The highest BCUT2D eigenvalue weighted by molar-refractivity contribution is 5.14. The molecule has 0 bridgehead atoms. The van der Waals surface area contributed by atoms with Crippen LogP contribution >= 0.6 is 0 Å². The zero-order valence-electron chi connectivity index (χ0n) is 10.6. The Kier molecular flexibility index (Phi) is 4.57. The average Bonchev–Trinajstić information content (AvgIpc) is 2.73. The van der Waals surface area contributed by atoms with Gasteiger partial charge < -0.3 is 10.4 Å². The molecule has 0 radical (unpaired) electrons. The predicted molar refractivity (Wildman–Crippen MR) is 67.9 cm³/mol. The van der Waals surface area contributed by atoms with Crippen LogP contribution in [-0.4, -0.2) is 34.0 Å². The number of aromatic nitrogens is 2. The molecule has 1 aromatic rings. The van der Waals surface area contributed by atoms with Crippen molar-refractivity contribution in [2.24, 2.45) is 0 Å². The summed E-state index contributed by atoms with van der Waals surface area (Å²) in [5, 5.41) is 20.0. The van der Waals surface area contributed by atoms with Crippen LogP contribution in [0.5, 0.6) is 0 Å². The summed E-state index contributed by atoms with van der Waals surface area (Å²) in [5.41, 5.74) is 2.51. The van der Waals surface area contributed by atoms with Gasteiger partial charge in [0, 0.05) is 11.7 Å². The van der Waals surface area contributed by atoms with Crippen LogP contribution in [0.2, 0.25) is 0 Å². The first-order valence-corrected chi connectivity index (χ1v) is 6.66. The van der Waals surface area contributed by atoms with Gasteiger partial charge in [-0.15, -0.1) is 0 Å². The lowest BCUT2D eigenvalue weighted by Gasteiger charge is -2.26. The number of hydrogen-bond donors (Lipinski definition) is 3. The van der Waals surface area contributed by atoms with Crippen LogP contribution in [0.25, 0.3) is 0 Å². The summed E-state index contributed by atoms with van der Waals surface area (Å²) in [6, 6.07) is 0.615. The van der Waals surface area contributed by atoms with Gasteiger partial charge in [0.25, 0.3) is 0 Å². The predicted octanol–water partition coefficient (Wildman–Crippen LogP) is 1.54. The summed E-state index contributed by atoms with van der Waals surface area (Å²) in [6.45, 7) is 3.13. The largest absolute Gasteiger partial charge is 0.393 e. The number of aromatic amines is 1. The van der Waals surface area contributed by atoms with Crippen LogP contribution in [0, 0.1) is 6.92 Å². The molecule has 2 rings (SSSR count). The summed E-state index contributed by atoms with van der Waals surface area (Å²) in [5.74, 6) is 0. The van der Waals surface area contributed by atoms with Crippen LogP contribution in [0.3, 0.4) is 0 Å². The topological polar surface area (TPSA) is 60.9 Å². The molecule has 1 saturated carbocycles. The molecule has 0 spiro atoms. The SMILES string of the molecule is Cc1[nH]ncc1CCCNC1CCC(O)CC1. The van der Waals surface area contributed by atoms with E-state index in [-0.39, 0.29) is 6.10 Å². The van der Waals surface area contributed by atoms with Gasteiger partial charge in [-0.3, -0.25) is 5.10 Å². The number of nitrogens with one attached hydrogen (secondary N) is 2. The van der Waals surface area contributed by atoms with E-state index in [2.05, 4.69) is 22.4 Å². The van der Waals surface area contributed by atoms with Crippen molar-refractivity contribution in [3.63, 3.8) is 0 Å². The Bertz CT molecular complexity index is 329. The van der Waals surface area contributed by atoms with E-state index in [1.165, 1.54) is 11.3 Å². The van der Waals surface area contributed by atoms with E-state index in [1.54, 1.807) is 0 Å². The molecule has 1 aromatic heterocycles. The molecule has 0 atom stereocenters. The first-order valence-electron chi connectivity index (χ1n) is 6.66. The van der Waals surface area contributed by atoms with Gasteiger partial charge in [0.2, 0.25) is 0 Å². The standard InChI is InChI=1S/C13H23N3O/c1-10-11(9-15-16-10)3-2-8-14-12-4-6-13(17)7-5-12/h9,12-14,17H,2-8H2,1H3,(H,15,16). The van der Waals surface area contributed by atoms with Crippen LogP contribution in [0.15, 0.2) is 6.20 Å². The van der Waals surface area contributed by atoms with Crippen LogP contribution in [-0.2, 0) is 6.42 Å². The number of rotatable bonds is 5. The lowest BCUT2D eigenvalue weighted by molar-refractivity contribution is 0.117. The first kappa shape index (κ1) is 12.6. The van der Waals surface area contributed by atoms with Crippen molar-refractivity contribution in [1.29, 1.82) is 0 Å². The third kappa shape index (κ3) is 3.82. The fourth-order valence-corrected chi connectivity index (χ4v) is 2.49. The van der Waals surface area contributed by atoms with Crippen molar-refractivity contribution in [3.8, 4) is 0 Å². The van der Waals surface area contributed by atoms with Gasteiger partial charge in [-0.25, -0.2) is 0 Å². The maximum Gasteiger partial charge on any atom is 0.0541 e. The minimum atomic E-state index is -0.0540. The number of hydrogen-bond acceptors (Lipinski definition) is 3. The molecule has 17 heavy (non-hydrogen) atoms. The van der Waals surface area contributed by atoms with E-state index in [1.807, 2.05) is 6.20 Å². The van der Waals surface area contributed by atoms with E-state index in [0.717, 1.165) is 45.1 Å². The molecule has 1 fully saturated rings. The van der Waals surface area contributed by atoms with Crippen molar-refractivity contribution in [2.75, 3.05) is 6.54 Å². The maximum atomic E-state index is 9.42. The quantitative estimate of drug-likeness (QED) is 0.681. The molecule has 1 heterocycles. The average molecular weight is 237 g/mol. The molecule has 0 saturated heterocycles. The van der Waals surface area contributed by atoms with Crippen molar-refractivity contribution in [3.05, 3.63) is 17.5 Å². The first-order chi connectivity index (χ1) is 8.25. The molecule has 0 aliphatic heterocycles. The Morgan fingerprint density at radius 2 is 2.18 bits per heavy atom. The molecule has 4 heteroatoms. The maximum absolute atomic E-state index is 9.42. The van der Waals surface area contributed by atoms with Crippen LogP contribution in [0.4, 0.5) is 0 Å². The molecule has 3 N–H and O–H groups in total. The van der Waals surface area contributed by atoms with Gasteiger partial charge in [-0.1, -0.05) is 0 Å². The summed E-state index contributed by atoms with van der Waals surface area (Å²) in [4.78, 5) is 0. The number of aliphatic hydroxyl groups excluding tert-OH is 1. The fourth-order valence-electron chi connectivity index (χ4n) is 2.49. The highest BCUT2D eigenvalue weighted by Crippen LogP contribution is 2.18. The van der Waals surface area contributed by atoms with Gasteiger partial charge in [-0.2, -0.15) is 5.10 Å². The van der Waals surface area contributed by atoms with E-state index in [0.29, 0.717) is 6.04 Å². The highest BCUT2D eigenvalue weighted by atomic mass is 16.3. The third-order valence-electron chi connectivity index (χ3n) is 3.69. The van der Waals surface area contributed by atoms with E-state index in [4.69, 9.17) is 0 Å². The summed E-state index contributed by atoms with van der Waals surface area (Å²) < 4.78 is 0. The van der Waals surface area contributed by atoms with Crippen LogP contribution < -0.4 is 5.32 Å². The zero-order chi connectivity index (χ0) is 12.1. The highest BCUT2D eigenvalue weighted by Gasteiger charge is 2.18. The molecular weight excluding hydrogens is 214 g/mol. The molecule has 96 valence electrons. The summed E-state index contributed by atoms with van der Waals surface area (Å²) >= 11 is 0. The molecule has 0 unspecified atom stereocenters. The van der Waals surface area contributed by atoms with Crippen molar-refractivity contribution in [2.45, 2.75) is 57.6 Å². The summed E-state index contributed by atoms with van der Waals surface area (Å²) in [6.07, 6.45) is 8.26. The normalized spacial score (nSPS) is 25.1. The Morgan fingerprint density at radius 1 is 1.41 bits per heavy atom. The smallest absolute Gasteiger partial charge is 0.0541 e. The van der Waals surface area contributed by atoms with Gasteiger partial charge in [0.05, 0.1) is 12.3 Å². The number of aliphatic hydroxyl groups is 1. The van der Waals surface area contributed by atoms with Gasteiger partial charge in [0.15, 0.2) is 0 Å². The van der Waals surface area contributed by atoms with Crippen LogP contribution in [0.1, 0.15) is 43.4 Å². The number of nitrogens with zero attached hydrogens (tertiary/aromatic N) is 1. The van der Waals surface area contributed by atoms with Crippen molar-refractivity contribution >= 4 is 0 Å². The molecule has 0 amide bonds. The lowest BCUT2D eigenvalue weighted by Crippen LogP contribution is -2.35.